The van der Waals surface area contributed by atoms with Gasteiger partial charge in [-0.3, -0.25) is 9.48 Å². The smallest absolute Gasteiger partial charge is 0.219 e. The molecule has 0 saturated heterocycles. The first-order valence-electron chi connectivity index (χ1n) is 6.56. The Morgan fingerprint density at radius 2 is 2.28 bits per heavy atom. The first kappa shape index (κ1) is 14.6. The molecule has 0 aliphatic carbocycles. The van der Waals surface area contributed by atoms with Crippen molar-refractivity contribution in [2.24, 2.45) is 0 Å². The number of carbonyl (C=O) groups excluding carboxylic acids is 1. The van der Waals surface area contributed by atoms with Crippen LogP contribution in [0.25, 0.3) is 0 Å². The van der Waals surface area contributed by atoms with Gasteiger partial charge < -0.3 is 10.6 Å². The molecule has 0 aliphatic heterocycles. The third kappa shape index (κ3) is 5.77. The number of unbranched alkanes of at least 4 members (excludes halogenated alkanes) is 1. The Morgan fingerprint density at radius 1 is 1.44 bits per heavy atom. The number of nitrogens with zero attached hydrogens (tertiary/aromatic N) is 3. The fraction of sp³-hybridized carbons (Fsp3) is 0.750. The quantitative estimate of drug-likeness (QED) is 0.635. The number of aromatic nitrogens is 3. The van der Waals surface area contributed by atoms with E-state index in [4.69, 9.17) is 0 Å². The van der Waals surface area contributed by atoms with Crippen molar-refractivity contribution in [3.63, 3.8) is 0 Å². The molecule has 1 aromatic rings. The van der Waals surface area contributed by atoms with E-state index in [0.29, 0.717) is 13.0 Å². The number of hydrogen-bond donors (Lipinski definition) is 2. The Balaban J connectivity index is 2.11. The van der Waals surface area contributed by atoms with Gasteiger partial charge in [-0.1, -0.05) is 18.6 Å². The summed E-state index contributed by atoms with van der Waals surface area (Å²) >= 11 is 0. The monoisotopic (exact) mass is 253 g/mol. The first-order valence-corrected chi connectivity index (χ1v) is 6.56. The summed E-state index contributed by atoms with van der Waals surface area (Å²) in [5.74, 6) is 0.145. The van der Waals surface area contributed by atoms with Gasteiger partial charge in [0.15, 0.2) is 0 Å². The summed E-state index contributed by atoms with van der Waals surface area (Å²) in [5.41, 5.74) is 0.935. The van der Waals surface area contributed by atoms with E-state index in [-0.39, 0.29) is 5.91 Å². The van der Waals surface area contributed by atoms with Crippen LogP contribution >= 0.6 is 0 Å². The van der Waals surface area contributed by atoms with E-state index in [1.54, 1.807) is 0 Å². The number of hydrogen-bond acceptors (Lipinski definition) is 4. The van der Waals surface area contributed by atoms with E-state index in [2.05, 4.69) is 27.9 Å². The highest BCUT2D eigenvalue weighted by molar-refractivity contribution is 5.75. The predicted molar refractivity (Wildman–Crippen MR) is 69.9 cm³/mol. The van der Waals surface area contributed by atoms with E-state index in [1.165, 1.54) is 0 Å². The minimum Gasteiger partial charge on any atom is -0.356 e. The average Bonchev–Trinajstić information content (AvgIpc) is 2.80. The molecular formula is C12H23N5O. The van der Waals surface area contributed by atoms with Crippen molar-refractivity contribution in [3.05, 3.63) is 11.9 Å². The maximum absolute atomic E-state index is 11.3. The topological polar surface area (TPSA) is 71.8 Å². The second-order valence-corrected chi connectivity index (χ2v) is 4.31. The van der Waals surface area contributed by atoms with Gasteiger partial charge in [-0.15, -0.1) is 5.10 Å². The van der Waals surface area contributed by atoms with E-state index in [0.717, 1.165) is 38.0 Å². The third-order valence-electron chi connectivity index (χ3n) is 2.59. The Bertz CT molecular complexity index is 350. The van der Waals surface area contributed by atoms with Crippen LogP contribution in [0.5, 0.6) is 0 Å². The highest BCUT2D eigenvalue weighted by Gasteiger charge is 2.01. The molecule has 6 heteroatoms. The van der Waals surface area contributed by atoms with Crippen molar-refractivity contribution >= 4 is 5.91 Å². The van der Waals surface area contributed by atoms with Crippen molar-refractivity contribution in [1.82, 2.24) is 25.6 Å². The fourth-order valence-corrected chi connectivity index (χ4v) is 1.60. The molecule has 6 nitrogen and oxygen atoms in total. The van der Waals surface area contributed by atoms with Gasteiger partial charge in [-0.05, 0) is 19.9 Å². The molecule has 1 rings (SSSR count). The molecule has 0 spiro atoms. The third-order valence-corrected chi connectivity index (χ3v) is 2.59. The molecule has 1 aromatic heterocycles. The molecule has 102 valence electrons. The number of aryl methyl sites for hydroxylation is 1. The van der Waals surface area contributed by atoms with Crippen LogP contribution in [0.3, 0.4) is 0 Å². The molecule has 0 unspecified atom stereocenters. The van der Waals surface area contributed by atoms with Gasteiger partial charge in [-0.2, -0.15) is 0 Å². The summed E-state index contributed by atoms with van der Waals surface area (Å²) < 4.78 is 1.81. The standard InChI is InChI=1S/C12H23N5O/c1-3-4-6-12(18)14-7-5-8-17-10-11(9-13-2)15-16-17/h10,13H,3-9H2,1-2H3,(H,14,18). The average molecular weight is 253 g/mol. The van der Waals surface area contributed by atoms with Crippen LogP contribution in [0.4, 0.5) is 0 Å². The van der Waals surface area contributed by atoms with Crippen LogP contribution in [0.15, 0.2) is 6.20 Å². The lowest BCUT2D eigenvalue weighted by atomic mass is 10.2. The summed E-state index contributed by atoms with van der Waals surface area (Å²) in [7, 11) is 1.88. The summed E-state index contributed by atoms with van der Waals surface area (Å²) in [6.45, 7) is 4.29. The predicted octanol–water partition coefficient (Wildman–Crippen LogP) is 0.694. The molecule has 1 heterocycles. The fourth-order valence-electron chi connectivity index (χ4n) is 1.60. The molecule has 0 bridgehead atoms. The number of amides is 1. The minimum atomic E-state index is 0.145. The van der Waals surface area contributed by atoms with Crippen LogP contribution in [-0.2, 0) is 17.9 Å². The molecule has 0 radical (unpaired) electrons. The van der Waals surface area contributed by atoms with Gasteiger partial charge in [0.2, 0.25) is 5.91 Å². The van der Waals surface area contributed by atoms with Crippen LogP contribution in [0.1, 0.15) is 38.3 Å². The van der Waals surface area contributed by atoms with Gasteiger partial charge in [0, 0.05) is 32.3 Å². The Hall–Kier alpha value is -1.43. The molecule has 0 aromatic carbocycles. The largest absolute Gasteiger partial charge is 0.356 e. The second-order valence-electron chi connectivity index (χ2n) is 4.31. The van der Waals surface area contributed by atoms with E-state index in [1.807, 2.05) is 17.9 Å². The minimum absolute atomic E-state index is 0.145. The highest BCUT2D eigenvalue weighted by atomic mass is 16.1. The zero-order valence-electron chi connectivity index (χ0n) is 11.3. The Morgan fingerprint density at radius 3 is 3.00 bits per heavy atom. The molecule has 0 aliphatic rings. The molecule has 1 amide bonds. The Kier molecular flexibility index (Phi) is 7.01. The van der Waals surface area contributed by atoms with E-state index < -0.39 is 0 Å². The van der Waals surface area contributed by atoms with Crippen molar-refractivity contribution in [3.8, 4) is 0 Å². The maximum Gasteiger partial charge on any atom is 0.219 e. The SMILES string of the molecule is CCCCC(=O)NCCCn1cc(CNC)nn1. The second kappa shape index (κ2) is 8.63. The van der Waals surface area contributed by atoms with Crippen LogP contribution in [0, 0.1) is 0 Å². The van der Waals surface area contributed by atoms with Crippen molar-refractivity contribution < 1.29 is 4.79 Å². The first-order chi connectivity index (χ1) is 8.76. The van der Waals surface area contributed by atoms with E-state index >= 15 is 0 Å². The van der Waals surface area contributed by atoms with E-state index in [9.17, 15) is 4.79 Å². The maximum atomic E-state index is 11.3. The summed E-state index contributed by atoms with van der Waals surface area (Å²) in [5, 5.41) is 14.0. The lowest BCUT2D eigenvalue weighted by Gasteiger charge is -2.04. The van der Waals surface area contributed by atoms with Crippen LogP contribution < -0.4 is 10.6 Å². The van der Waals surface area contributed by atoms with Crippen LogP contribution in [-0.4, -0.2) is 34.5 Å². The lowest BCUT2D eigenvalue weighted by Crippen LogP contribution is -2.24. The summed E-state index contributed by atoms with van der Waals surface area (Å²) in [6.07, 6.45) is 5.45. The number of carbonyl (C=O) groups is 1. The lowest BCUT2D eigenvalue weighted by molar-refractivity contribution is -0.121. The van der Waals surface area contributed by atoms with Gasteiger partial charge in [0.1, 0.15) is 0 Å². The summed E-state index contributed by atoms with van der Waals surface area (Å²) in [4.78, 5) is 11.3. The van der Waals surface area contributed by atoms with Crippen molar-refractivity contribution in [1.29, 1.82) is 0 Å². The molecule has 0 fully saturated rings. The molecule has 18 heavy (non-hydrogen) atoms. The molecule has 2 N–H and O–H groups in total. The molecular weight excluding hydrogens is 230 g/mol. The zero-order chi connectivity index (χ0) is 13.2. The zero-order valence-corrected chi connectivity index (χ0v) is 11.3. The van der Waals surface area contributed by atoms with Crippen LogP contribution in [0.2, 0.25) is 0 Å². The number of nitrogens with one attached hydrogen (secondary N) is 2. The van der Waals surface area contributed by atoms with Gasteiger partial charge in [0.25, 0.3) is 0 Å². The van der Waals surface area contributed by atoms with Gasteiger partial charge in [-0.25, -0.2) is 0 Å². The summed E-state index contributed by atoms with van der Waals surface area (Å²) in [6, 6.07) is 0. The highest BCUT2D eigenvalue weighted by Crippen LogP contribution is 1.95. The Labute approximate surface area is 108 Å². The van der Waals surface area contributed by atoms with Crippen molar-refractivity contribution in [2.75, 3.05) is 13.6 Å². The molecule has 0 saturated carbocycles. The van der Waals surface area contributed by atoms with Gasteiger partial charge in [0.05, 0.1) is 5.69 Å². The normalized spacial score (nSPS) is 10.6. The van der Waals surface area contributed by atoms with Crippen molar-refractivity contribution in [2.45, 2.75) is 45.7 Å². The number of rotatable bonds is 9. The van der Waals surface area contributed by atoms with Gasteiger partial charge >= 0.3 is 0 Å². The molecule has 0 atom stereocenters.